The standard InChI is InChI=1S/C8H14F2N2O2.ClH/c9-7(10)4-12-8(13)6-2-1-5(3-11)14-6;/h5-7H,1-4,11H2,(H,12,13);1H/t5-,6+;/m1./s1. The van der Waals surface area contributed by atoms with E-state index in [1.807, 2.05) is 0 Å². The average Bonchev–Trinajstić information content (AvgIpc) is 2.62. The zero-order valence-electron chi connectivity index (χ0n) is 8.12. The van der Waals surface area contributed by atoms with E-state index in [1.54, 1.807) is 0 Å². The number of hydrogen-bond donors (Lipinski definition) is 2. The van der Waals surface area contributed by atoms with Crippen LogP contribution in [-0.4, -0.2) is 37.6 Å². The number of carbonyl (C=O) groups is 1. The van der Waals surface area contributed by atoms with E-state index in [0.29, 0.717) is 19.4 Å². The second kappa shape index (κ2) is 6.92. The highest BCUT2D eigenvalue weighted by molar-refractivity contribution is 5.85. The summed E-state index contributed by atoms with van der Waals surface area (Å²) < 4.78 is 28.7. The Morgan fingerprint density at radius 2 is 2.20 bits per heavy atom. The molecular formula is C8H15ClF2N2O2. The Balaban J connectivity index is 0.00000196. The Labute approximate surface area is 92.9 Å². The normalized spacial score (nSPS) is 25.1. The van der Waals surface area contributed by atoms with Gasteiger partial charge in [-0.2, -0.15) is 0 Å². The molecule has 0 saturated carbocycles. The minimum Gasteiger partial charge on any atom is -0.364 e. The molecule has 1 saturated heterocycles. The molecule has 3 N–H and O–H groups in total. The molecule has 0 radical (unpaired) electrons. The molecule has 1 aliphatic heterocycles. The summed E-state index contributed by atoms with van der Waals surface area (Å²) in [7, 11) is 0. The SMILES string of the molecule is Cl.NC[C@H]1CC[C@@H](C(=O)NCC(F)F)O1. The molecule has 0 spiro atoms. The van der Waals surface area contributed by atoms with Gasteiger partial charge in [-0.1, -0.05) is 0 Å². The number of ether oxygens (including phenoxy) is 1. The van der Waals surface area contributed by atoms with Gasteiger partial charge in [0.2, 0.25) is 5.91 Å². The van der Waals surface area contributed by atoms with Gasteiger partial charge in [0.1, 0.15) is 6.10 Å². The molecule has 1 amide bonds. The summed E-state index contributed by atoms with van der Waals surface area (Å²) in [6, 6.07) is 0. The van der Waals surface area contributed by atoms with Crippen LogP contribution in [0, 0.1) is 0 Å². The maximum Gasteiger partial charge on any atom is 0.255 e. The highest BCUT2D eigenvalue weighted by Crippen LogP contribution is 2.18. The Kier molecular flexibility index (Phi) is 6.71. The molecule has 1 rings (SSSR count). The Bertz CT molecular complexity index is 207. The van der Waals surface area contributed by atoms with Crippen LogP contribution in [0.1, 0.15) is 12.8 Å². The summed E-state index contributed by atoms with van der Waals surface area (Å²) >= 11 is 0. The first kappa shape index (κ1) is 14.5. The van der Waals surface area contributed by atoms with Crippen LogP contribution in [0.3, 0.4) is 0 Å². The van der Waals surface area contributed by atoms with Crippen molar-refractivity contribution in [3.8, 4) is 0 Å². The number of nitrogens with one attached hydrogen (secondary N) is 1. The van der Waals surface area contributed by atoms with Crippen LogP contribution in [0.25, 0.3) is 0 Å². The summed E-state index contributed by atoms with van der Waals surface area (Å²) in [5.74, 6) is -0.471. The lowest BCUT2D eigenvalue weighted by Gasteiger charge is -2.12. The molecule has 0 aliphatic carbocycles. The molecule has 90 valence electrons. The minimum atomic E-state index is -2.52. The third-order valence-corrected chi connectivity index (χ3v) is 2.09. The van der Waals surface area contributed by atoms with Crippen LogP contribution in [0.5, 0.6) is 0 Å². The largest absolute Gasteiger partial charge is 0.364 e. The number of nitrogens with two attached hydrogens (primary N) is 1. The number of amides is 1. The first-order chi connectivity index (χ1) is 6.63. The maximum absolute atomic E-state index is 11.7. The zero-order chi connectivity index (χ0) is 10.6. The van der Waals surface area contributed by atoms with Crippen LogP contribution in [0.4, 0.5) is 8.78 Å². The number of alkyl halides is 2. The van der Waals surface area contributed by atoms with Gasteiger partial charge in [0, 0.05) is 6.54 Å². The molecule has 15 heavy (non-hydrogen) atoms. The van der Waals surface area contributed by atoms with Crippen molar-refractivity contribution < 1.29 is 18.3 Å². The second-order valence-electron chi connectivity index (χ2n) is 3.20. The van der Waals surface area contributed by atoms with Crippen molar-refractivity contribution in [1.82, 2.24) is 5.32 Å². The van der Waals surface area contributed by atoms with Crippen molar-refractivity contribution in [2.45, 2.75) is 31.5 Å². The fourth-order valence-electron chi connectivity index (χ4n) is 1.36. The van der Waals surface area contributed by atoms with E-state index in [-0.39, 0.29) is 18.5 Å². The third kappa shape index (κ3) is 4.72. The van der Waals surface area contributed by atoms with E-state index in [2.05, 4.69) is 5.32 Å². The predicted octanol–water partition coefficient (Wildman–Crippen LogP) is 0.296. The summed E-state index contributed by atoms with van der Waals surface area (Å²) in [6.45, 7) is -0.259. The molecule has 1 fully saturated rings. The molecular weight excluding hydrogens is 230 g/mol. The van der Waals surface area contributed by atoms with Gasteiger partial charge in [-0.05, 0) is 12.8 Å². The Morgan fingerprint density at radius 3 is 2.67 bits per heavy atom. The lowest BCUT2D eigenvalue weighted by molar-refractivity contribution is -0.132. The van der Waals surface area contributed by atoms with E-state index < -0.39 is 25.0 Å². The monoisotopic (exact) mass is 244 g/mol. The van der Waals surface area contributed by atoms with Gasteiger partial charge >= 0.3 is 0 Å². The smallest absolute Gasteiger partial charge is 0.255 e. The van der Waals surface area contributed by atoms with Crippen molar-refractivity contribution in [3.05, 3.63) is 0 Å². The number of rotatable bonds is 4. The van der Waals surface area contributed by atoms with E-state index >= 15 is 0 Å². The van der Waals surface area contributed by atoms with Crippen LogP contribution >= 0.6 is 12.4 Å². The van der Waals surface area contributed by atoms with Crippen molar-refractivity contribution in [3.63, 3.8) is 0 Å². The number of hydrogen-bond acceptors (Lipinski definition) is 3. The van der Waals surface area contributed by atoms with Crippen LogP contribution < -0.4 is 11.1 Å². The minimum absolute atomic E-state index is 0. The van der Waals surface area contributed by atoms with Crippen LogP contribution in [-0.2, 0) is 9.53 Å². The molecule has 2 atom stereocenters. The summed E-state index contributed by atoms with van der Waals surface area (Å²) in [4.78, 5) is 11.2. The highest BCUT2D eigenvalue weighted by atomic mass is 35.5. The predicted molar refractivity (Wildman–Crippen MR) is 53.2 cm³/mol. The zero-order valence-corrected chi connectivity index (χ0v) is 8.93. The Morgan fingerprint density at radius 1 is 1.53 bits per heavy atom. The summed E-state index contributed by atoms with van der Waals surface area (Å²) in [5.41, 5.74) is 5.34. The van der Waals surface area contributed by atoms with Gasteiger partial charge in [0.15, 0.2) is 0 Å². The molecule has 0 aromatic rings. The van der Waals surface area contributed by atoms with E-state index in [0.717, 1.165) is 0 Å². The van der Waals surface area contributed by atoms with Gasteiger partial charge in [-0.3, -0.25) is 4.79 Å². The van der Waals surface area contributed by atoms with Crippen molar-refractivity contribution >= 4 is 18.3 Å². The number of halogens is 3. The van der Waals surface area contributed by atoms with Crippen LogP contribution in [0.2, 0.25) is 0 Å². The lowest BCUT2D eigenvalue weighted by Crippen LogP contribution is -2.37. The van der Waals surface area contributed by atoms with Gasteiger partial charge in [0.05, 0.1) is 12.6 Å². The first-order valence-corrected chi connectivity index (χ1v) is 4.55. The molecule has 1 aliphatic rings. The average molecular weight is 245 g/mol. The van der Waals surface area contributed by atoms with Crippen LogP contribution in [0.15, 0.2) is 0 Å². The summed E-state index contributed by atoms with van der Waals surface area (Å²) in [5, 5.41) is 2.11. The van der Waals surface area contributed by atoms with Crippen molar-refractivity contribution in [2.24, 2.45) is 5.73 Å². The van der Waals surface area contributed by atoms with E-state index in [4.69, 9.17) is 10.5 Å². The third-order valence-electron chi connectivity index (χ3n) is 2.09. The lowest BCUT2D eigenvalue weighted by atomic mass is 10.2. The highest BCUT2D eigenvalue weighted by Gasteiger charge is 2.29. The van der Waals surface area contributed by atoms with E-state index in [1.165, 1.54) is 0 Å². The van der Waals surface area contributed by atoms with Gasteiger partial charge < -0.3 is 15.8 Å². The molecule has 0 bridgehead atoms. The van der Waals surface area contributed by atoms with Gasteiger partial charge in [-0.15, -0.1) is 12.4 Å². The topological polar surface area (TPSA) is 64.4 Å². The van der Waals surface area contributed by atoms with Gasteiger partial charge in [0.25, 0.3) is 6.43 Å². The molecule has 1 heterocycles. The van der Waals surface area contributed by atoms with Crippen molar-refractivity contribution in [1.29, 1.82) is 0 Å². The maximum atomic E-state index is 11.7. The first-order valence-electron chi connectivity index (χ1n) is 4.55. The quantitative estimate of drug-likeness (QED) is 0.748. The second-order valence-corrected chi connectivity index (χ2v) is 3.20. The molecule has 0 unspecified atom stereocenters. The molecule has 0 aromatic heterocycles. The van der Waals surface area contributed by atoms with Crippen molar-refractivity contribution in [2.75, 3.05) is 13.1 Å². The van der Waals surface area contributed by atoms with Gasteiger partial charge in [-0.25, -0.2) is 8.78 Å². The molecule has 7 heteroatoms. The number of carbonyl (C=O) groups excluding carboxylic acids is 1. The summed E-state index contributed by atoms with van der Waals surface area (Å²) in [6.07, 6.45) is -1.98. The molecule has 4 nitrogen and oxygen atoms in total. The van der Waals surface area contributed by atoms with E-state index in [9.17, 15) is 13.6 Å². The fourth-order valence-corrected chi connectivity index (χ4v) is 1.36. The fraction of sp³-hybridized carbons (Fsp3) is 0.875. The molecule has 0 aromatic carbocycles. The Hall–Kier alpha value is -0.460.